The van der Waals surface area contributed by atoms with Crippen molar-refractivity contribution in [1.29, 1.82) is 0 Å². The van der Waals surface area contributed by atoms with Crippen LogP contribution in [-0.4, -0.2) is 33.5 Å². The number of hydrogen-bond donors (Lipinski definition) is 3. The van der Waals surface area contributed by atoms with Crippen LogP contribution in [0.25, 0.3) is 0 Å². The van der Waals surface area contributed by atoms with Crippen LogP contribution in [0, 0.1) is 5.92 Å². The minimum Gasteiger partial charge on any atom is -0.355 e. The third-order valence-corrected chi connectivity index (χ3v) is 3.30. The summed E-state index contributed by atoms with van der Waals surface area (Å²) in [4.78, 5) is 27.1. The molecule has 0 unspecified atom stereocenters. The number of hydrogen-bond acceptors (Lipinski definition) is 4. The summed E-state index contributed by atoms with van der Waals surface area (Å²) in [5.41, 5.74) is 0. The molecule has 2 rings (SSSR count). The predicted molar refractivity (Wildman–Crippen MR) is 67.8 cm³/mol. The van der Waals surface area contributed by atoms with Crippen LogP contribution in [-0.2, 0) is 16.1 Å². The fourth-order valence-corrected chi connectivity index (χ4v) is 2.22. The number of nitrogens with zero attached hydrogens (tertiary/aromatic N) is 2. The van der Waals surface area contributed by atoms with Crippen LogP contribution < -0.4 is 10.6 Å². The standard InChI is InChI=1S/C12H19N5O2/c18-11(14-7-10-15-8-16-17-10)5-6-13-12(19)9-3-1-2-4-9/h8-9H,1-7H2,(H,13,19)(H,14,18)(H,15,16,17). The lowest BCUT2D eigenvalue weighted by atomic mass is 10.1. The van der Waals surface area contributed by atoms with Gasteiger partial charge < -0.3 is 10.6 Å². The Morgan fingerprint density at radius 1 is 1.32 bits per heavy atom. The summed E-state index contributed by atoms with van der Waals surface area (Å²) in [5, 5.41) is 11.9. The second kappa shape index (κ2) is 6.86. The van der Waals surface area contributed by atoms with E-state index in [0.717, 1.165) is 25.7 Å². The van der Waals surface area contributed by atoms with E-state index in [0.29, 0.717) is 18.9 Å². The van der Waals surface area contributed by atoms with E-state index >= 15 is 0 Å². The SMILES string of the molecule is O=C(CCNC(=O)C1CCCC1)NCc1ncn[nH]1. The number of H-pyrrole nitrogens is 1. The monoisotopic (exact) mass is 265 g/mol. The van der Waals surface area contributed by atoms with Crippen LogP contribution in [0.5, 0.6) is 0 Å². The lowest BCUT2D eigenvalue weighted by molar-refractivity contribution is -0.125. The Morgan fingerprint density at radius 3 is 2.79 bits per heavy atom. The summed E-state index contributed by atoms with van der Waals surface area (Å²) in [6, 6.07) is 0. The maximum Gasteiger partial charge on any atom is 0.223 e. The number of carbonyl (C=O) groups excluding carboxylic acids is 2. The van der Waals surface area contributed by atoms with E-state index in [1.807, 2.05) is 0 Å². The van der Waals surface area contributed by atoms with Crippen molar-refractivity contribution in [3.05, 3.63) is 12.2 Å². The molecule has 1 aromatic heterocycles. The van der Waals surface area contributed by atoms with Crippen molar-refractivity contribution >= 4 is 11.8 Å². The van der Waals surface area contributed by atoms with Crippen molar-refractivity contribution in [3.63, 3.8) is 0 Å². The first-order valence-electron chi connectivity index (χ1n) is 6.64. The summed E-state index contributed by atoms with van der Waals surface area (Å²) >= 11 is 0. The molecular weight excluding hydrogens is 246 g/mol. The van der Waals surface area contributed by atoms with Gasteiger partial charge in [-0.2, -0.15) is 5.10 Å². The van der Waals surface area contributed by atoms with Gasteiger partial charge in [0.25, 0.3) is 0 Å². The second-order valence-electron chi connectivity index (χ2n) is 4.73. The Bertz CT molecular complexity index is 412. The number of carbonyl (C=O) groups is 2. The van der Waals surface area contributed by atoms with Crippen molar-refractivity contribution in [2.75, 3.05) is 6.54 Å². The summed E-state index contributed by atoms with van der Waals surface area (Å²) in [5.74, 6) is 0.740. The molecule has 0 aromatic carbocycles. The largest absolute Gasteiger partial charge is 0.355 e. The molecule has 1 aliphatic rings. The second-order valence-corrected chi connectivity index (χ2v) is 4.73. The lowest BCUT2D eigenvalue weighted by Crippen LogP contribution is -2.33. The molecule has 104 valence electrons. The van der Waals surface area contributed by atoms with Gasteiger partial charge in [-0.1, -0.05) is 12.8 Å². The van der Waals surface area contributed by atoms with Gasteiger partial charge in [0.1, 0.15) is 12.2 Å². The van der Waals surface area contributed by atoms with Crippen LogP contribution in [0.2, 0.25) is 0 Å². The minimum atomic E-state index is -0.108. The van der Waals surface area contributed by atoms with Gasteiger partial charge in [-0.05, 0) is 12.8 Å². The highest BCUT2D eigenvalue weighted by Crippen LogP contribution is 2.24. The molecule has 0 spiro atoms. The van der Waals surface area contributed by atoms with Gasteiger partial charge in [0.2, 0.25) is 11.8 Å². The molecule has 1 fully saturated rings. The lowest BCUT2D eigenvalue weighted by Gasteiger charge is -2.10. The van der Waals surface area contributed by atoms with Gasteiger partial charge in [-0.15, -0.1) is 0 Å². The van der Waals surface area contributed by atoms with E-state index in [1.165, 1.54) is 6.33 Å². The third-order valence-electron chi connectivity index (χ3n) is 3.30. The molecule has 0 saturated heterocycles. The molecular formula is C12H19N5O2. The van der Waals surface area contributed by atoms with Crippen LogP contribution in [0.4, 0.5) is 0 Å². The van der Waals surface area contributed by atoms with E-state index in [2.05, 4.69) is 25.8 Å². The molecule has 1 heterocycles. The first-order chi connectivity index (χ1) is 9.25. The zero-order valence-corrected chi connectivity index (χ0v) is 10.8. The molecule has 0 atom stereocenters. The van der Waals surface area contributed by atoms with E-state index in [4.69, 9.17) is 0 Å². The van der Waals surface area contributed by atoms with Crippen molar-refractivity contribution in [2.24, 2.45) is 5.92 Å². The van der Waals surface area contributed by atoms with E-state index in [1.54, 1.807) is 0 Å². The molecule has 2 amide bonds. The van der Waals surface area contributed by atoms with Crippen LogP contribution in [0.15, 0.2) is 6.33 Å². The number of nitrogens with one attached hydrogen (secondary N) is 3. The third kappa shape index (κ3) is 4.35. The van der Waals surface area contributed by atoms with E-state index in [9.17, 15) is 9.59 Å². The average Bonchev–Trinajstić information content (AvgIpc) is 3.09. The Kier molecular flexibility index (Phi) is 4.88. The molecule has 0 aliphatic heterocycles. The van der Waals surface area contributed by atoms with Gasteiger partial charge in [-0.3, -0.25) is 14.7 Å². The molecule has 7 heteroatoms. The highest BCUT2D eigenvalue weighted by molar-refractivity contribution is 5.80. The summed E-state index contributed by atoms with van der Waals surface area (Å²) in [6.07, 6.45) is 5.90. The first kappa shape index (κ1) is 13.5. The summed E-state index contributed by atoms with van der Waals surface area (Å²) in [6.45, 7) is 0.715. The topological polar surface area (TPSA) is 99.8 Å². The summed E-state index contributed by atoms with van der Waals surface area (Å²) < 4.78 is 0. The summed E-state index contributed by atoms with van der Waals surface area (Å²) in [7, 11) is 0. The van der Waals surface area contributed by atoms with Crippen molar-refractivity contribution in [2.45, 2.75) is 38.6 Å². The van der Waals surface area contributed by atoms with Gasteiger partial charge in [-0.25, -0.2) is 4.98 Å². The van der Waals surface area contributed by atoms with Gasteiger partial charge >= 0.3 is 0 Å². The fourth-order valence-electron chi connectivity index (χ4n) is 2.22. The maximum absolute atomic E-state index is 11.7. The van der Waals surface area contributed by atoms with Gasteiger partial charge in [0.15, 0.2) is 0 Å². The van der Waals surface area contributed by atoms with Crippen LogP contribution in [0.1, 0.15) is 37.9 Å². The van der Waals surface area contributed by atoms with Crippen molar-refractivity contribution in [1.82, 2.24) is 25.8 Å². The molecule has 0 radical (unpaired) electrons. The number of aromatic amines is 1. The Labute approximate surface area is 111 Å². The molecule has 3 N–H and O–H groups in total. The van der Waals surface area contributed by atoms with Crippen LogP contribution in [0.3, 0.4) is 0 Å². The number of amides is 2. The van der Waals surface area contributed by atoms with Crippen molar-refractivity contribution < 1.29 is 9.59 Å². The maximum atomic E-state index is 11.7. The van der Waals surface area contributed by atoms with Crippen LogP contribution >= 0.6 is 0 Å². The van der Waals surface area contributed by atoms with Gasteiger partial charge in [0, 0.05) is 18.9 Å². The molecule has 1 saturated carbocycles. The highest BCUT2D eigenvalue weighted by atomic mass is 16.2. The molecule has 1 aliphatic carbocycles. The normalized spacial score (nSPS) is 15.4. The fraction of sp³-hybridized carbons (Fsp3) is 0.667. The Balaban J connectivity index is 1.57. The average molecular weight is 265 g/mol. The smallest absolute Gasteiger partial charge is 0.223 e. The van der Waals surface area contributed by atoms with Gasteiger partial charge in [0.05, 0.1) is 6.54 Å². The molecule has 19 heavy (non-hydrogen) atoms. The number of aromatic nitrogens is 3. The zero-order chi connectivity index (χ0) is 13.5. The van der Waals surface area contributed by atoms with E-state index < -0.39 is 0 Å². The quantitative estimate of drug-likeness (QED) is 0.680. The molecule has 0 bridgehead atoms. The Hall–Kier alpha value is -1.92. The van der Waals surface area contributed by atoms with E-state index in [-0.39, 0.29) is 24.2 Å². The molecule has 7 nitrogen and oxygen atoms in total. The first-order valence-corrected chi connectivity index (χ1v) is 6.64. The Morgan fingerprint density at radius 2 is 2.11 bits per heavy atom. The zero-order valence-electron chi connectivity index (χ0n) is 10.8. The molecule has 1 aromatic rings. The van der Waals surface area contributed by atoms with Crippen molar-refractivity contribution in [3.8, 4) is 0 Å². The number of rotatable bonds is 6. The minimum absolute atomic E-state index is 0.0838. The predicted octanol–water partition coefficient (Wildman–Crippen LogP) is 0.117. The highest BCUT2D eigenvalue weighted by Gasteiger charge is 2.22.